The molecule has 0 aliphatic rings. The lowest BCUT2D eigenvalue weighted by Gasteiger charge is -2.01. The molecule has 0 unspecified atom stereocenters. The number of methoxy groups -OCH3 is 1. The maximum absolute atomic E-state index is 11.0. The van der Waals surface area contributed by atoms with E-state index in [1.807, 2.05) is 0 Å². The molecule has 1 aromatic carbocycles. The number of hydrogen-bond donors (Lipinski definition) is 3. The summed E-state index contributed by atoms with van der Waals surface area (Å²) in [5, 5.41) is 0. The van der Waals surface area contributed by atoms with Crippen molar-refractivity contribution in [2.45, 2.75) is 0 Å². The van der Waals surface area contributed by atoms with Crippen LogP contribution in [0.4, 0.5) is 5.69 Å². The number of benzene rings is 1. The van der Waals surface area contributed by atoms with Crippen molar-refractivity contribution in [3.63, 3.8) is 0 Å². The van der Waals surface area contributed by atoms with Crippen LogP contribution in [-0.2, 0) is 14.9 Å². The van der Waals surface area contributed by atoms with E-state index in [4.69, 9.17) is 10.4 Å². The number of hydrogen-bond acceptors (Lipinski definition) is 6. The molecular weight excluding hydrogens is 248 g/mol. The number of anilines is 1. The van der Waals surface area contributed by atoms with Crippen molar-refractivity contribution in [1.82, 2.24) is 0 Å². The molecule has 17 heavy (non-hydrogen) atoms. The second kappa shape index (κ2) is 6.84. The number of hydrazine groups is 1. The predicted octanol–water partition coefficient (Wildman–Crippen LogP) is 0.263. The predicted molar refractivity (Wildman–Crippen MR) is 63.1 cm³/mol. The van der Waals surface area contributed by atoms with Crippen LogP contribution in [0.3, 0.4) is 0 Å². The minimum atomic E-state index is -3.67. The number of nitrogens with one attached hydrogen (secondary N) is 1. The Hall–Kier alpha value is -1.64. The molecule has 0 aromatic heterocycles. The van der Waals surface area contributed by atoms with Crippen LogP contribution in [0.25, 0.3) is 0 Å². The third kappa shape index (κ3) is 8.20. The van der Waals surface area contributed by atoms with Gasteiger partial charge in [-0.3, -0.25) is 10.4 Å². The number of esters is 1. The Kier molecular flexibility index (Phi) is 6.18. The summed E-state index contributed by atoms with van der Waals surface area (Å²) in [5.41, 5.74) is 3.60. The van der Waals surface area contributed by atoms with Gasteiger partial charge >= 0.3 is 5.97 Å². The van der Waals surface area contributed by atoms with Crippen molar-refractivity contribution in [3.8, 4) is 0 Å². The summed E-state index contributed by atoms with van der Waals surface area (Å²) in [6, 6.07) is 6.76. The van der Waals surface area contributed by atoms with Gasteiger partial charge in [-0.2, -0.15) is 8.42 Å². The van der Waals surface area contributed by atoms with Crippen LogP contribution >= 0.6 is 0 Å². The first-order chi connectivity index (χ1) is 7.77. The van der Waals surface area contributed by atoms with Crippen molar-refractivity contribution >= 4 is 21.8 Å². The average Bonchev–Trinajstić information content (AvgIpc) is 2.26. The normalized spacial score (nSPS) is 9.88. The highest BCUT2D eigenvalue weighted by Gasteiger charge is 2.03. The van der Waals surface area contributed by atoms with Crippen LogP contribution in [0.2, 0.25) is 0 Å². The van der Waals surface area contributed by atoms with Gasteiger partial charge in [0.05, 0.1) is 18.9 Å². The fourth-order valence-electron chi connectivity index (χ4n) is 0.854. The molecule has 96 valence electrons. The lowest BCUT2D eigenvalue weighted by atomic mass is 10.2. The summed E-state index contributed by atoms with van der Waals surface area (Å²) < 4.78 is 30.4. The fraction of sp³-hybridized carbons (Fsp3) is 0.222. The molecule has 4 N–H and O–H groups in total. The highest BCUT2D eigenvalue weighted by molar-refractivity contribution is 7.85. The number of rotatable bonds is 2. The summed E-state index contributed by atoms with van der Waals surface area (Å²) >= 11 is 0. The minimum Gasteiger partial charge on any atom is -0.465 e. The van der Waals surface area contributed by atoms with E-state index in [0.29, 0.717) is 17.5 Å². The molecule has 0 spiro atoms. The van der Waals surface area contributed by atoms with Gasteiger partial charge < -0.3 is 10.2 Å². The van der Waals surface area contributed by atoms with Gasteiger partial charge in [-0.1, -0.05) is 6.07 Å². The first-order valence-electron chi connectivity index (χ1n) is 4.35. The number of nitrogens with two attached hydrogens (primary N) is 1. The molecule has 1 aromatic rings. The molecule has 0 aliphatic carbocycles. The van der Waals surface area contributed by atoms with E-state index in [0.717, 1.165) is 0 Å². The van der Waals surface area contributed by atoms with Gasteiger partial charge in [0.2, 0.25) is 0 Å². The van der Waals surface area contributed by atoms with Crippen LogP contribution in [0.1, 0.15) is 10.4 Å². The van der Waals surface area contributed by atoms with Crippen LogP contribution in [0.5, 0.6) is 0 Å². The maximum atomic E-state index is 11.0. The minimum absolute atomic E-state index is 0.368. The Morgan fingerprint density at radius 1 is 1.47 bits per heavy atom. The summed E-state index contributed by atoms with van der Waals surface area (Å²) in [5.74, 6) is 4.79. The van der Waals surface area contributed by atoms with Gasteiger partial charge in [0.15, 0.2) is 0 Å². The summed E-state index contributed by atoms with van der Waals surface area (Å²) in [7, 11) is -2.33. The second-order valence-corrected chi connectivity index (χ2v) is 4.42. The Morgan fingerprint density at radius 2 is 2.00 bits per heavy atom. The lowest BCUT2D eigenvalue weighted by molar-refractivity contribution is 0.0601. The molecule has 0 radical (unpaired) electrons. The number of carbonyl (C=O) groups excluding carboxylic acids is 1. The Balaban J connectivity index is 0.000000437. The van der Waals surface area contributed by atoms with Crippen molar-refractivity contribution < 1.29 is 22.5 Å². The fourth-order valence-corrected chi connectivity index (χ4v) is 0.854. The molecule has 0 bridgehead atoms. The first-order valence-corrected chi connectivity index (χ1v) is 6.20. The summed E-state index contributed by atoms with van der Waals surface area (Å²) in [6.07, 6.45) is 0.715. The van der Waals surface area contributed by atoms with Crippen LogP contribution in [0.15, 0.2) is 24.3 Å². The molecule has 7 nitrogen and oxygen atoms in total. The molecule has 0 atom stereocenters. The number of ether oxygens (including phenoxy) is 1. The van der Waals surface area contributed by atoms with Gasteiger partial charge in [-0.25, -0.2) is 4.79 Å². The smallest absolute Gasteiger partial charge is 0.337 e. The van der Waals surface area contributed by atoms with Crippen molar-refractivity contribution in [3.05, 3.63) is 29.8 Å². The van der Waals surface area contributed by atoms with E-state index in [1.54, 1.807) is 24.3 Å². The molecule has 0 saturated carbocycles. The third-order valence-electron chi connectivity index (χ3n) is 1.45. The third-order valence-corrected chi connectivity index (χ3v) is 1.45. The standard InChI is InChI=1S/C8H10N2O2.CH4O3S/c1-12-8(11)6-3-2-4-7(5-6)10-9;1-5(2,3)4/h2-5,10H,9H2,1H3;1H3,(H,2,3,4). The van der Waals surface area contributed by atoms with E-state index < -0.39 is 10.1 Å². The monoisotopic (exact) mass is 262 g/mol. The van der Waals surface area contributed by atoms with Crippen LogP contribution < -0.4 is 11.3 Å². The molecule has 0 heterocycles. The van der Waals surface area contributed by atoms with Gasteiger partial charge in [0.25, 0.3) is 10.1 Å². The highest BCUT2D eigenvalue weighted by Crippen LogP contribution is 2.09. The molecule has 0 saturated heterocycles. The van der Waals surface area contributed by atoms with E-state index in [1.165, 1.54) is 7.11 Å². The molecular formula is C9H14N2O5S. The Bertz CT molecular complexity index is 464. The first kappa shape index (κ1) is 15.4. The van der Waals surface area contributed by atoms with E-state index in [9.17, 15) is 13.2 Å². The molecule has 0 aliphatic heterocycles. The summed E-state index contributed by atoms with van der Waals surface area (Å²) in [6.45, 7) is 0. The zero-order chi connectivity index (χ0) is 13.5. The molecule has 1 rings (SSSR count). The van der Waals surface area contributed by atoms with Gasteiger partial charge in [0, 0.05) is 5.69 Å². The maximum Gasteiger partial charge on any atom is 0.337 e. The van der Waals surface area contributed by atoms with Crippen LogP contribution in [-0.4, -0.2) is 32.3 Å². The quantitative estimate of drug-likeness (QED) is 0.303. The Labute approximate surface area is 99.3 Å². The van der Waals surface area contributed by atoms with E-state index >= 15 is 0 Å². The van der Waals surface area contributed by atoms with Crippen molar-refractivity contribution in [1.29, 1.82) is 0 Å². The van der Waals surface area contributed by atoms with E-state index in [-0.39, 0.29) is 5.97 Å². The van der Waals surface area contributed by atoms with Gasteiger partial charge in [0.1, 0.15) is 0 Å². The largest absolute Gasteiger partial charge is 0.465 e. The Morgan fingerprint density at radius 3 is 2.41 bits per heavy atom. The summed E-state index contributed by atoms with van der Waals surface area (Å²) in [4.78, 5) is 11.0. The SMILES string of the molecule is COC(=O)c1cccc(NN)c1.CS(=O)(=O)O. The second-order valence-electron chi connectivity index (χ2n) is 2.95. The average molecular weight is 262 g/mol. The topological polar surface area (TPSA) is 119 Å². The highest BCUT2D eigenvalue weighted by atomic mass is 32.2. The number of nitrogen functional groups attached to an aromatic ring is 1. The molecule has 0 amide bonds. The van der Waals surface area contributed by atoms with Crippen LogP contribution in [0, 0.1) is 0 Å². The molecule has 0 fully saturated rings. The zero-order valence-corrected chi connectivity index (χ0v) is 10.2. The lowest BCUT2D eigenvalue weighted by Crippen LogP contribution is -2.08. The zero-order valence-electron chi connectivity index (χ0n) is 9.38. The number of carbonyl (C=O) groups is 1. The molecule has 8 heteroatoms. The van der Waals surface area contributed by atoms with Crippen molar-refractivity contribution in [2.75, 3.05) is 18.8 Å². The van der Waals surface area contributed by atoms with Gasteiger partial charge in [-0.15, -0.1) is 0 Å². The van der Waals surface area contributed by atoms with Gasteiger partial charge in [-0.05, 0) is 18.2 Å². The van der Waals surface area contributed by atoms with E-state index in [2.05, 4.69) is 10.2 Å². The van der Waals surface area contributed by atoms with Crippen molar-refractivity contribution in [2.24, 2.45) is 5.84 Å².